The predicted octanol–water partition coefficient (Wildman–Crippen LogP) is 5.67. The molecular formula is C33H41N3O4S. The molecule has 0 radical (unpaired) electrons. The van der Waals surface area contributed by atoms with Gasteiger partial charge in [0, 0.05) is 12.6 Å². The molecule has 1 atom stereocenters. The van der Waals surface area contributed by atoms with Gasteiger partial charge in [0.2, 0.25) is 11.8 Å². The highest BCUT2D eigenvalue weighted by molar-refractivity contribution is 7.92. The van der Waals surface area contributed by atoms with Crippen LogP contribution in [0.2, 0.25) is 0 Å². The Morgan fingerprint density at radius 3 is 2.05 bits per heavy atom. The molecule has 0 heterocycles. The van der Waals surface area contributed by atoms with E-state index in [1.807, 2.05) is 64.1 Å². The molecule has 0 bridgehead atoms. The summed E-state index contributed by atoms with van der Waals surface area (Å²) in [6.07, 6.45) is 4.44. The number of carbonyl (C=O) groups is 2. The lowest BCUT2D eigenvalue weighted by molar-refractivity contribution is -0.140. The number of anilines is 1. The number of sulfonamides is 1. The first kappa shape index (κ1) is 30.3. The van der Waals surface area contributed by atoms with Crippen LogP contribution < -0.4 is 9.62 Å². The molecule has 41 heavy (non-hydrogen) atoms. The Kier molecular flexibility index (Phi) is 9.86. The Labute approximate surface area is 244 Å². The maximum atomic E-state index is 14.2. The molecule has 0 unspecified atom stereocenters. The first-order chi connectivity index (χ1) is 19.6. The van der Waals surface area contributed by atoms with Crippen LogP contribution in [-0.4, -0.2) is 43.8 Å². The Bertz CT molecular complexity index is 1450. The highest BCUT2D eigenvalue weighted by Crippen LogP contribution is 2.26. The van der Waals surface area contributed by atoms with Gasteiger partial charge >= 0.3 is 0 Å². The molecule has 8 heteroatoms. The zero-order chi connectivity index (χ0) is 29.6. The maximum Gasteiger partial charge on any atom is 0.264 e. The number of hydrogen-bond acceptors (Lipinski definition) is 4. The zero-order valence-corrected chi connectivity index (χ0v) is 25.3. The van der Waals surface area contributed by atoms with Crippen LogP contribution in [-0.2, 0) is 26.2 Å². The number of amides is 2. The summed E-state index contributed by atoms with van der Waals surface area (Å²) in [6, 6.07) is 20.8. The van der Waals surface area contributed by atoms with Crippen LogP contribution in [0.1, 0.15) is 61.3 Å². The molecule has 1 saturated carbocycles. The number of carbonyl (C=O) groups excluding carboxylic acids is 2. The van der Waals surface area contributed by atoms with Crippen LogP contribution in [0.15, 0.2) is 77.7 Å². The minimum absolute atomic E-state index is 0.105. The Morgan fingerprint density at radius 2 is 1.46 bits per heavy atom. The molecule has 0 spiro atoms. The van der Waals surface area contributed by atoms with E-state index in [0.717, 1.165) is 52.2 Å². The summed E-state index contributed by atoms with van der Waals surface area (Å²) in [7, 11) is -4.08. The van der Waals surface area contributed by atoms with Crippen molar-refractivity contribution in [1.82, 2.24) is 10.2 Å². The lowest BCUT2D eigenvalue weighted by Gasteiger charge is -2.34. The summed E-state index contributed by atoms with van der Waals surface area (Å²) in [5, 5.41) is 3.15. The van der Waals surface area contributed by atoms with Crippen LogP contribution in [0.5, 0.6) is 0 Å². The number of nitrogens with zero attached hydrogens (tertiary/aromatic N) is 2. The monoisotopic (exact) mass is 575 g/mol. The lowest BCUT2D eigenvalue weighted by atomic mass is 10.1. The average Bonchev–Trinajstić information content (AvgIpc) is 3.46. The minimum atomic E-state index is -4.08. The van der Waals surface area contributed by atoms with Gasteiger partial charge in [0.1, 0.15) is 12.6 Å². The van der Waals surface area contributed by atoms with Crippen LogP contribution in [0.3, 0.4) is 0 Å². The van der Waals surface area contributed by atoms with Gasteiger partial charge in [-0.15, -0.1) is 0 Å². The van der Waals surface area contributed by atoms with Crippen molar-refractivity contribution < 1.29 is 18.0 Å². The van der Waals surface area contributed by atoms with Gasteiger partial charge in [0.05, 0.1) is 10.6 Å². The van der Waals surface area contributed by atoms with Crippen LogP contribution >= 0.6 is 0 Å². The van der Waals surface area contributed by atoms with Gasteiger partial charge in [-0.25, -0.2) is 8.42 Å². The number of benzene rings is 3. The minimum Gasteiger partial charge on any atom is -0.352 e. The van der Waals surface area contributed by atoms with Gasteiger partial charge in [0.15, 0.2) is 0 Å². The fourth-order valence-electron chi connectivity index (χ4n) is 5.34. The number of aryl methyl sites for hydroxylation is 3. The smallest absolute Gasteiger partial charge is 0.264 e. The van der Waals surface area contributed by atoms with Crippen molar-refractivity contribution in [3.05, 3.63) is 95.1 Å². The molecule has 0 aliphatic heterocycles. The fraction of sp³-hybridized carbons (Fsp3) is 0.394. The van der Waals surface area contributed by atoms with Gasteiger partial charge in [-0.1, -0.05) is 79.4 Å². The Morgan fingerprint density at radius 1 is 0.878 bits per heavy atom. The van der Waals surface area contributed by atoms with Gasteiger partial charge in [-0.2, -0.15) is 0 Å². The first-order valence-electron chi connectivity index (χ1n) is 14.4. The van der Waals surface area contributed by atoms with E-state index in [-0.39, 0.29) is 23.4 Å². The summed E-state index contributed by atoms with van der Waals surface area (Å²) in [5.74, 6) is -0.623. The Hall–Kier alpha value is -3.65. The van der Waals surface area contributed by atoms with Gasteiger partial charge in [-0.05, 0) is 75.4 Å². The van der Waals surface area contributed by atoms with Crippen LogP contribution in [0.25, 0.3) is 0 Å². The molecule has 0 aromatic heterocycles. The number of hydrogen-bond donors (Lipinski definition) is 1. The van der Waals surface area contributed by atoms with Crippen LogP contribution in [0.4, 0.5) is 5.69 Å². The van der Waals surface area contributed by atoms with Crippen molar-refractivity contribution in [3.63, 3.8) is 0 Å². The van der Waals surface area contributed by atoms with Crippen molar-refractivity contribution >= 4 is 27.5 Å². The van der Waals surface area contributed by atoms with E-state index in [4.69, 9.17) is 0 Å². The largest absolute Gasteiger partial charge is 0.352 e. The van der Waals surface area contributed by atoms with E-state index in [9.17, 15) is 18.0 Å². The fourth-order valence-corrected chi connectivity index (χ4v) is 6.75. The van der Waals surface area contributed by atoms with E-state index in [2.05, 4.69) is 5.32 Å². The topological polar surface area (TPSA) is 86.8 Å². The number of nitrogens with one attached hydrogen (secondary N) is 1. The second-order valence-electron chi connectivity index (χ2n) is 11.0. The molecule has 2 amide bonds. The van der Waals surface area contributed by atoms with E-state index in [1.54, 1.807) is 41.3 Å². The van der Waals surface area contributed by atoms with Gasteiger partial charge in [0.25, 0.3) is 10.0 Å². The molecule has 1 aliphatic rings. The molecule has 7 nitrogen and oxygen atoms in total. The Balaban J connectivity index is 1.72. The molecule has 3 aromatic carbocycles. The molecule has 4 rings (SSSR count). The van der Waals surface area contributed by atoms with Crippen molar-refractivity contribution in [1.29, 1.82) is 0 Å². The summed E-state index contributed by atoms with van der Waals surface area (Å²) in [6.45, 7) is 7.44. The zero-order valence-electron chi connectivity index (χ0n) is 24.5. The quantitative estimate of drug-likeness (QED) is 0.319. The predicted molar refractivity (Wildman–Crippen MR) is 163 cm³/mol. The third kappa shape index (κ3) is 7.36. The highest BCUT2D eigenvalue weighted by Gasteiger charge is 2.34. The molecule has 3 aromatic rings. The summed E-state index contributed by atoms with van der Waals surface area (Å²) in [4.78, 5) is 29.4. The van der Waals surface area contributed by atoms with E-state index in [0.29, 0.717) is 12.1 Å². The third-order valence-corrected chi connectivity index (χ3v) is 9.69. The molecular weight excluding hydrogens is 534 g/mol. The summed E-state index contributed by atoms with van der Waals surface area (Å²) >= 11 is 0. The number of rotatable bonds is 11. The first-order valence-corrected chi connectivity index (χ1v) is 15.8. The van der Waals surface area contributed by atoms with Crippen LogP contribution in [0, 0.1) is 20.8 Å². The van der Waals surface area contributed by atoms with Crippen molar-refractivity contribution in [2.24, 2.45) is 0 Å². The molecule has 218 valence electrons. The van der Waals surface area contributed by atoms with E-state index >= 15 is 0 Å². The lowest BCUT2D eigenvalue weighted by Crippen LogP contribution is -2.53. The third-order valence-electron chi connectivity index (χ3n) is 7.90. The molecule has 1 fully saturated rings. The van der Waals surface area contributed by atoms with Gasteiger partial charge in [-0.3, -0.25) is 13.9 Å². The molecule has 1 aliphatic carbocycles. The normalized spacial score (nSPS) is 14.4. The van der Waals surface area contributed by atoms with E-state index in [1.165, 1.54) is 0 Å². The second-order valence-corrected chi connectivity index (χ2v) is 12.9. The van der Waals surface area contributed by atoms with Crippen molar-refractivity contribution in [2.75, 3.05) is 10.8 Å². The highest BCUT2D eigenvalue weighted by atomic mass is 32.2. The molecule has 0 saturated heterocycles. The molecule has 1 N–H and O–H groups in total. The average molecular weight is 576 g/mol. The maximum absolute atomic E-state index is 14.2. The van der Waals surface area contributed by atoms with Gasteiger partial charge < -0.3 is 10.2 Å². The summed E-state index contributed by atoms with van der Waals surface area (Å²) in [5.41, 5.74) is 4.22. The van der Waals surface area contributed by atoms with Crippen molar-refractivity contribution in [3.8, 4) is 0 Å². The van der Waals surface area contributed by atoms with Crippen molar-refractivity contribution in [2.45, 2.75) is 83.3 Å². The second kappa shape index (κ2) is 13.3. The SMILES string of the molecule is CC[C@@H](C(=O)NC1CCCC1)N(Cc1ccccc1C)C(=O)CN(c1ccc(C)cc1)S(=O)(=O)c1ccc(C)cc1. The van der Waals surface area contributed by atoms with E-state index < -0.39 is 28.5 Å². The standard InChI is InChI=1S/C33H41N3O4S/c1-5-31(33(38)34-28-12-8-9-13-28)35(22-27-11-7-6-10-26(27)4)32(37)23-36(29-18-14-24(2)15-19-29)41(39,40)30-20-16-25(3)17-21-30/h6-7,10-11,14-21,28,31H,5,8-9,12-13,22-23H2,1-4H3,(H,34,38)/t31-/m0/s1. The summed E-state index contributed by atoms with van der Waals surface area (Å²) < 4.78 is 29.1.